The van der Waals surface area contributed by atoms with Crippen LogP contribution in [-0.2, 0) is 16.1 Å². The summed E-state index contributed by atoms with van der Waals surface area (Å²) in [4.78, 5) is 27.3. The molecule has 1 aliphatic rings. The van der Waals surface area contributed by atoms with E-state index in [9.17, 15) is 9.59 Å². The number of methoxy groups -OCH3 is 1. The van der Waals surface area contributed by atoms with Crippen molar-refractivity contribution in [2.75, 3.05) is 19.5 Å². The van der Waals surface area contributed by atoms with Gasteiger partial charge < -0.3 is 14.8 Å². The van der Waals surface area contributed by atoms with E-state index in [2.05, 4.69) is 15.5 Å². The first-order valence-corrected chi connectivity index (χ1v) is 16.1. The number of nitrogens with one attached hydrogen (secondary N) is 1. The molecule has 2 amide bonds. The van der Waals surface area contributed by atoms with Crippen LogP contribution in [0.2, 0.25) is 0 Å². The molecule has 6 rings (SSSR count). The number of ether oxygens (including phenoxy) is 2. The third-order valence-corrected chi connectivity index (χ3v) is 8.90. The van der Waals surface area contributed by atoms with E-state index in [4.69, 9.17) is 14.6 Å². The molecule has 1 unspecified atom stereocenters. The summed E-state index contributed by atoms with van der Waals surface area (Å²) < 4.78 is 12.7. The number of amides is 2. The Hall–Kier alpha value is -4.94. The van der Waals surface area contributed by atoms with Crippen molar-refractivity contribution in [2.45, 2.75) is 24.2 Å². The Balaban J connectivity index is 1.17. The molecule has 0 saturated carbocycles. The highest BCUT2D eigenvalue weighted by molar-refractivity contribution is 7.99. The number of thioether (sulfide) groups is 1. The van der Waals surface area contributed by atoms with Gasteiger partial charge in [-0.05, 0) is 53.4 Å². The molecule has 45 heavy (non-hydrogen) atoms. The second-order valence-corrected chi connectivity index (χ2v) is 11.9. The fourth-order valence-electron chi connectivity index (χ4n) is 4.85. The highest BCUT2D eigenvalue weighted by Crippen LogP contribution is 2.35. The number of nitrogens with zero attached hydrogens (tertiary/aromatic N) is 5. The third-order valence-electron chi connectivity index (χ3n) is 7.07. The minimum Gasteiger partial charge on any atom is -0.497 e. The van der Waals surface area contributed by atoms with Gasteiger partial charge in [0.25, 0.3) is 11.8 Å². The maximum absolute atomic E-state index is 13.7. The Morgan fingerprint density at radius 1 is 0.933 bits per heavy atom. The van der Waals surface area contributed by atoms with Gasteiger partial charge in [-0.3, -0.25) is 14.2 Å². The van der Waals surface area contributed by atoms with E-state index >= 15 is 0 Å². The second-order valence-electron chi connectivity index (χ2n) is 9.99. The highest BCUT2D eigenvalue weighted by Gasteiger charge is 2.33. The Labute approximate surface area is 268 Å². The van der Waals surface area contributed by atoms with Crippen molar-refractivity contribution >= 4 is 40.6 Å². The number of benzene rings is 3. The van der Waals surface area contributed by atoms with Crippen LogP contribution in [0, 0.1) is 0 Å². The molecule has 3 heterocycles. The van der Waals surface area contributed by atoms with Crippen molar-refractivity contribution in [3.8, 4) is 17.2 Å². The van der Waals surface area contributed by atoms with Crippen molar-refractivity contribution in [1.29, 1.82) is 0 Å². The number of hydrogen-bond acceptors (Lipinski definition) is 9. The molecule has 0 saturated heterocycles. The topological polar surface area (TPSA) is 111 Å². The van der Waals surface area contributed by atoms with Crippen molar-refractivity contribution in [3.63, 3.8) is 0 Å². The number of para-hydroxylation sites is 2. The Morgan fingerprint density at radius 2 is 1.69 bits per heavy atom. The predicted molar refractivity (Wildman–Crippen MR) is 174 cm³/mol. The Morgan fingerprint density at radius 3 is 2.40 bits per heavy atom. The largest absolute Gasteiger partial charge is 0.497 e. The first-order chi connectivity index (χ1) is 22.1. The van der Waals surface area contributed by atoms with Gasteiger partial charge in [-0.2, -0.15) is 5.10 Å². The van der Waals surface area contributed by atoms with E-state index in [1.54, 1.807) is 35.6 Å². The highest BCUT2D eigenvalue weighted by atomic mass is 32.2. The van der Waals surface area contributed by atoms with Crippen molar-refractivity contribution in [2.24, 2.45) is 5.10 Å². The molecule has 5 aromatic rings. The van der Waals surface area contributed by atoms with Crippen LogP contribution in [0.15, 0.2) is 113 Å². The summed E-state index contributed by atoms with van der Waals surface area (Å²) in [7, 11) is 1.63. The molecule has 0 aliphatic carbocycles. The van der Waals surface area contributed by atoms with Gasteiger partial charge in [0.05, 0.1) is 36.0 Å². The molecular formula is C33H30N6O4S2. The molecule has 0 fully saturated rings. The lowest BCUT2D eigenvalue weighted by molar-refractivity contribution is -0.130. The Bertz CT molecular complexity index is 1760. The fraction of sp³-hybridized carbons (Fsp3) is 0.182. The predicted octanol–water partition coefficient (Wildman–Crippen LogP) is 5.50. The zero-order valence-corrected chi connectivity index (χ0v) is 26.0. The van der Waals surface area contributed by atoms with Gasteiger partial charge in [-0.25, -0.2) is 5.01 Å². The summed E-state index contributed by atoms with van der Waals surface area (Å²) in [5, 5.41) is 20.5. The van der Waals surface area contributed by atoms with Crippen LogP contribution in [0.3, 0.4) is 0 Å². The minimum absolute atomic E-state index is 0.0934. The molecule has 1 N–H and O–H groups in total. The average Bonchev–Trinajstić information content (AvgIpc) is 3.87. The van der Waals surface area contributed by atoms with Gasteiger partial charge in [0.2, 0.25) is 0 Å². The summed E-state index contributed by atoms with van der Waals surface area (Å²) in [6.45, 7) is 0.00624. The van der Waals surface area contributed by atoms with E-state index in [-0.39, 0.29) is 36.8 Å². The summed E-state index contributed by atoms with van der Waals surface area (Å²) in [5.74, 6) is 1.55. The smallest absolute Gasteiger partial charge is 0.258 e. The van der Waals surface area contributed by atoms with Crippen molar-refractivity contribution < 1.29 is 19.1 Å². The Kier molecular flexibility index (Phi) is 9.52. The van der Waals surface area contributed by atoms with Crippen LogP contribution >= 0.6 is 23.1 Å². The minimum atomic E-state index is -0.288. The van der Waals surface area contributed by atoms with Crippen LogP contribution in [0.1, 0.15) is 28.7 Å². The van der Waals surface area contributed by atoms with Crippen LogP contribution in [0.5, 0.6) is 11.5 Å². The van der Waals surface area contributed by atoms with E-state index in [1.807, 2.05) is 94.9 Å². The number of carbonyl (C=O) groups excluding carboxylic acids is 2. The molecule has 2 aromatic heterocycles. The maximum Gasteiger partial charge on any atom is 0.258 e. The van der Waals surface area contributed by atoms with E-state index in [0.717, 1.165) is 27.6 Å². The average molecular weight is 639 g/mol. The van der Waals surface area contributed by atoms with Crippen LogP contribution in [0.4, 0.5) is 0 Å². The second kappa shape index (κ2) is 14.2. The lowest BCUT2D eigenvalue weighted by Crippen LogP contribution is -2.29. The van der Waals surface area contributed by atoms with Gasteiger partial charge in [-0.15, -0.1) is 21.5 Å². The van der Waals surface area contributed by atoms with E-state index < -0.39 is 0 Å². The molecule has 0 bridgehead atoms. The first-order valence-electron chi connectivity index (χ1n) is 14.2. The van der Waals surface area contributed by atoms with Gasteiger partial charge in [0.15, 0.2) is 17.6 Å². The van der Waals surface area contributed by atoms with Crippen LogP contribution < -0.4 is 14.8 Å². The van der Waals surface area contributed by atoms with E-state index in [0.29, 0.717) is 23.2 Å². The lowest BCUT2D eigenvalue weighted by atomic mass is 10.0. The quantitative estimate of drug-likeness (QED) is 0.180. The summed E-state index contributed by atoms with van der Waals surface area (Å²) >= 11 is 2.88. The molecule has 12 heteroatoms. The zero-order valence-electron chi connectivity index (χ0n) is 24.4. The zero-order chi connectivity index (χ0) is 31.0. The molecule has 10 nitrogen and oxygen atoms in total. The van der Waals surface area contributed by atoms with Gasteiger partial charge in [-0.1, -0.05) is 66.4 Å². The molecule has 0 spiro atoms. The van der Waals surface area contributed by atoms with Crippen LogP contribution in [-0.4, -0.2) is 56.8 Å². The van der Waals surface area contributed by atoms with Crippen molar-refractivity contribution in [1.82, 2.24) is 25.1 Å². The normalized spacial score (nSPS) is 14.2. The fourth-order valence-corrected chi connectivity index (χ4v) is 6.39. The lowest BCUT2D eigenvalue weighted by Gasteiger charge is -2.22. The number of hydrogen-bond donors (Lipinski definition) is 1. The van der Waals surface area contributed by atoms with E-state index in [1.165, 1.54) is 11.8 Å². The summed E-state index contributed by atoms with van der Waals surface area (Å²) in [6.07, 6.45) is 0.612. The molecule has 0 radical (unpaired) electrons. The number of aromatic nitrogens is 3. The number of hydrazone groups is 1. The molecule has 1 aliphatic heterocycles. The van der Waals surface area contributed by atoms with Gasteiger partial charge in [0, 0.05) is 12.1 Å². The molecule has 3 aromatic carbocycles. The number of carbonyl (C=O) groups is 2. The first kappa shape index (κ1) is 30.1. The number of thiophene rings is 1. The SMILES string of the molecule is COc1ccc(C2CC(c3cccs3)=NN2C(=O)CSc2nnc(CNC(=O)COc3ccccc3)n2-c2ccccc2)cc1. The van der Waals surface area contributed by atoms with Gasteiger partial charge >= 0.3 is 0 Å². The standard InChI is InChI=1S/C33H30N6O4S2/c1-42-25-16-14-23(15-17-25)28-19-27(29-13-8-18-44-29)37-39(28)32(41)22-45-33-36-35-30(38(33)24-9-4-2-5-10-24)20-34-31(40)21-43-26-11-6-3-7-12-26/h2-18,28H,19-22H2,1H3,(H,34,40). The summed E-state index contributed by atoms with van der Waals surface area (Å²) in [5.41, 5.74) is 2.68. The molecule has 1 atom stereocenters. The molecule has 228 valence electrons. The van der Waals surface area contributed by atoms with Gasteiger partial charge in [0.1, 0.15) is 11.5 Å². The molecular weight excluding hydrogens is 609 g/mol. The third kappa shape index (κ3) is 7.24. The van der Waals surface area contributed by atoms with Crippen molar-refractivity contribution in [3.05, 3.63) is 119 Å². The summed E-state index contributed by atoms with van der Waals surface area (Å²) in [6, 6.07) is 30.3. The maximum atomic E-state index is 13.7. The monoisotopic (exact) mass is 638 g/mol. The van der Waals surface area contributed by atoms with Crippen LogP contribution in [0.25, 0.3) is 5.69 Å². The number of rotatable bonds is 12.